The van der Waals surface area contributed by atoms with Crippen LogP contribution in [0.3, 0.4) is 0 Å². The maximum absolute atomic E-state index is 10.7. The van der Waals surface area contributed by atoms with Crippen molar-refractivity contribution in [3.63, 3.8) is 0 Å². The molecule has 0 bridgehead atoms. The zero-order valence-electron chi connectivity index (χ0n) is 8.68. The van der Waals surface area contributed by atoms with Crippen LogP contribution in [0.1, 0.15) is 12.5 Å². The van der Waals surface area contributed by atoms with E-state index in [4.69, 9.17) is 5.11 Å². The molecule has 78 valence electrons. The summed E-state index contributed by atoms with van der Waals surface area (Å²) in [6, 6.07) is 9.93. The smallest absolute Gasteiger partial charge is 0.335 e. The summed E-state index contributed by atoms with van der Waals surface area (Å²) < 4.78 is 0. The van der Waals surface area contributed by atoms with Gasteiger partial charge in [0.05, 0.1) is 5.57 Å². The lowest BCUT2D eigenvalue weighted by atomic mass is 10.1. The average molecular weight is 202 g/mol. The van der Waals surface area contributed by atoms with Gasteiger partial charge in [0, 0.05) is 0 Å². The Kier molecular flexibility index (Phi) is 4.35. The summed E-state index contributed by atoms with van der Waals surface area (Å²) in [4.78, 5) is 10.7. The first-order valence-electron chi connectivity index (χ1n) is 4.84. The number of carboxylic acid groups (broad SMARTS) is 1. The summed E-state index contributed by atoms with van der Waals surface area (Å²) in [5, 5.41) is 8.75. The Balaban J connectivity index is 2.57. The highest BCUT2D eigenvalue weighted by atomic mass is 16.4. The summed E-state index contributed by atoms with van der Waals surface area (Å²) in [5.41, 5.74) is 1.50. The maximum Gasteiger partial charge on any atom is 0.335 e. The molecular weight excluding hydrogens is 188 g/mol. The third-order valence-corrected chi connectivity index (χ3v) is 2.05. The van der Waals surface area contributed by atoms with E-state index in [-0.39, 0.29) is 0 Å². The normalized spacial score (nSPS) is 11.9. The van der Waals surface area contributed by atoms with Crippen molar-refractivity contribution in [3.8, 4) is 0 Å². The molecule has 0 atom stereocenters. The fraction of sp³-hybridized carbons (Fsp3) is 0.154. The molecule has 1 aromatic carbocycles. The molecule has 0 saturated carbocycles. The first kappa shape index (κ1) is 11.2. The molecule has 0 aromatic heterocycles. The number of aliphatic carboxylic acids is 1. The molecule has 0 unspecified atom stereocenters. The topological polar surface area (TPSA) is 37.3 Å². The number of hydrogen-bond acceptors (Lipinski definition) is 1. The van der Waals surface area contributed by atoms with Gasteiger partial charge >= 0.3 is 5.97 Å². The van der Waals surface area contributed by atoms with E-state index in [2.05, 4.69) is 0 Å². The van der Waals surface area contributed by atoms with E-state index < -0.39 is 5.97 Å². The van der Waals surface area contributed by atoms with E-state index in [1.165, 1.54) is 5.56 Å². The van der Waals surface area contributed by atoms with E-state index in [1.54, 1.807) is 19.1 Å². The second-order valence-corrected chi connectivity index (χ2v) is 3.14. The Labute approximate surface area is 89.6 Å². The van der Waals surface area contributed by atoms with E-state index in [0.29, 0.717) is 5.57 Å². The van der Waals surface area contributed by atoms with Crippen LogP contribution >= 0.6 is 0 Å². The zero-order chi connectivity index (χ0) is 11.1. The van der Waals surface area contributed by atoms with Crippen LogP contribution in [0.25, 0.3) is 0 Å². The van der Waals surface area contributed by atoms with E-state index in [9.17, 15) is 4.79 Å². The molecule has 0 aliphatic carbocycles. The predicted octanol–water partition coefficient (Wildman–Crippen LogP) is 2.82. The van der Waals surface area contributed by atoms with Crippen LogP contribution in [0.15, 0.2) is 54.1 Å². The van der Waals surface area contributed by atoms with Crippen LogP contribution in [0, 0.1) is 0 Å². The summed E-state index contributed by atoms with van der Waals surface area (Å²) in [7, 11) is 0. The van der Waals surface area contributed by atoms with Gasteiger partial charge in [-0.15, -0.1) is 0 Å². The van der Waals surface area contributed by atoms with Gasteiger partial charge < -0.3 is 5.11 Å². The van der Waals surface area contributed by atoms with Crippen molar-refractivity contribution in [3.05, 3.63) is 59.7 Å². The van der Waals surface area contributed by atoms with Gasteiger partial charge in [-0.05, 0) is 18.9 Å². The van der Waals surface area contributed by atoms with Gasteiger partial charge in [-0.25, -0.2) is 4.79 Å². The Morgan fingerprint density at radius 3 is 2.53 bits per heavy atom. The van der Waals surface area contributed by atoms with Gasteiger partial charge in [-0.1, -0.05) is 48.6 Å². The van der Waals surface area contributed by atoms with Crippen molar-refractivity contribution in [2.24, 2.45) is 0 Å². The van der Waals surface area contributed by atoms with Crippen molar-refractivity contribution >= 4 is 5.97 Å². The Morgan fingerprint density at radius 2 is 2.00 bits per heavy atom. The first-order chi connectivity index (χ1) is 7.24. The van der Waals surface area contributed by atoms with Crippen LogP contribution in [0.5, 0.6) is 0 Å². The van der Waals surface area contributed by atoms with Crippen LogP contribution in [-0.4, -0.2) is 11.1 Å². The minimum absolute atomic E-state index is 0.325. The fourth-order valence-electron chi connectivity index (χ4n) is 1.23. The van der Waals surface area contributed by atoms with Crippen molar-refractivity contribution < 1.29 is 9.90 Å². The van der Waals surface area contributed by atoms with Crippen molar-refractivity contribution in [1.29, 1.82) is 0 Å². The molecule has 1 N–H and O–H groups in total. The molecular formula is C13H14O2. The first-order valence-corrected chi connectivity index (χ1v) is 4.84. The SMILES string of the molecule is CC=C(C=CCc1ccccc1)C(=O)O. The molecule has 0 radical (unpaired) electrons. The fourth-order valence-corrected chi connectivity index (χ4v) is 1.23. The molecule has 0 amide bonds. The second kappa shape index (κ2) is 5.81. The molecule has 0 heterocycles. The number of benzene rings is 1. The maximum atomic E-state index is 10.7. The molecule has 1 rings (SSSR count). The Bertz CT molecular complexity index is 375. The minimum Gasteiger partial charge on any atom is -0.478 e. The largest absolute Gasteiger partial charge is 0.478 e. The van der Waals surface area contributed by atoms with Crippen LogP contribution in [-0.2, 0) is 11.2 Å². The van der Waals surface area contributed by atoms with Crippen molar-refractivity contribution in [1.82, 2.24) is 0 Å². The van der Waals surface area contributed by atoms with Gasteiger partial charge in [-0.3, -0.25) is 0 Å². The molecule has 2 nitrogen and oxygen atoms in total. The molecule has 0 aliphatic heterocycles. The molecule has 15 heavy (non-hydrogen) atoms. The molecule has 0 saturated heterocycles. The minimum atomic E-state index is -0.887. The van der Waals surface area contributed by atoms with Gasteiger partial charge in [0.25, 0.3) is 0 Å². The number of rotatable bonds is 4. The van der Waals surface area contributed by atoms with E-state index in [0.717, 1.165) is 6.42 Å². The molecule has 0 aliphatic rings. The second-order valence-electron chi connectivity index (χ2n) is 3.14. The number of carbonyl (C=O) groups is 1. The van der Waals surface area contributed by atoms with Crippen molar-refractivity contribution in [2.45, 2.75) is 13.3 Å². The van der Waals surface area contributed by atoms with E-state index in [1.807, 2.05) is 36.4 Å². The van der Waals surface area contributed by atoms with Crippen LogP contribution in [0.4, 0.5) is 0 Å². The lowest BCUT2D eigenvalue weighted by molar-refractivity contribution is -0.132. The van der Waals surface area contributed by atoms with Gasteiger partial charge in [0.2, 0.25) is 0 Å². The molecule has 1 aromatic rings. The highest BCUT2D eigenvalue weighted by Crippen LogP contribution is 2.03. The monoisotopic (exact) mass is 202 g/mol. The number of allylic oxidation sites excluding steroid dienone is 2. The standard InChI is InChI=1S/C13H14O2/c1-2-12(13(14)15)10-6-9-11-7-4-3-5-8-11/h2-8,10H,9H2,1H3,(H,14,15). The molecule has 0 fully saturated rings. The zero-order valence-corrected chi connectivity index (χ0v) is 8.68. The summed E-state index contributed by atoms with van der Waals surface area (Å²) >= 11 is 0. The Hall–Kier alpha value is -1.83. The van der Waals surface area contributed by atoms with E-state index >= 15 is 0 Å². The lowest BCUT2D eigenvalue weighted by Crippen LogP contribution is -1.96. The predicted molar refractivity (Wildman–Crippen MR) is 60.7 cm³/mol. The lowest BCUT2D eigenvalue weighted by Gasteiger charge is -1.95. The quantitative estimate of drug-likeness (QED) is 0.602. The third-order valence-electron chi connectivity index (χ3n) is 2.05. The Morgan fingerprint density at radius 1 is 1.33 bits per heavy atom. The molecule has 0 spiro atoms. The summed E-state index contributed by atoms with van der Waals surface area (Å²) in [6.45, 7) is 1.72. The van der Waals surface area contributed by atoms with Crippen LogP contribution in [0.2, 0.25) is 0 Å². The van der Waals surface area contributed by atoms with Gasteiger partial charge in [-0.2, -0.15) is 0 Å². The average Bonchev–Trinajstić information content (AvgIpc) is 2.25. The van der Waals surface area contributed by atoms with Gasteiger partial charge in [0.15, 0.2) is 0 Å². The van der Waals surface area contributed by atoms with Gasteiger partial charge in [0.1, 0.15) is 0 Å². The highest BCUT2D eigenvalue weighted by molar-refractivity contribution is 5.89. The van der Waals surface area contributed by atoms with Crippen LogP contribution < -0.4 is 0 Å². The number of carboxylic acids is 1. The molecule has 2 heteroatoms. The summed E-state index contributed by atoms with van der Waals surface area (Å²) in [5.74, 6) is -0.887. The number of hydrogen-bond donors (Lipinski definition) is 1. The highest BCUT2D eigenvalue weighted by Gasteiger charge is 1.99. The summed E-state index contributed by atoms with van der Waals surface area (Å²) in [6.07, 6.45) is 5.84. The van der Waals surface area contributed by atoms with Crippen molar-refractivity contribution in [2.75, 3.05) is 0 Å². The third kappa shape index (κ3) is 3.81.